The minimum Gasteiger partial charge on any atom is -0.465 e. The second-order valence-electron chi connectivity index (χ2n) is 5.12. The van der Waals surface area contributed by atoms with E-state index in [2.05, 4.69) is 16.0 Å². The Morgan fingerprint density at radius 2 is 1.53 bits per heavy atom. The zero-order chi connectivity index (χ0) is 14.7. The summed E-state index contributed by atoms with van der Waals surface area (Å²) >= 11 is 0. The summed E-state index contributed by atoms with van der Waals surface area (Å²) < 4.78 is 5.09. The van der Waals surface area contributed by atoms with E-state index in [0.29, 0.717) is 13.1 Å². The van der Waals surface area contributed by atoms with Gasteiger partial charge in [0, 0.05) is 13.1 Å². The van der Waals surface area contributed by atoms with Crippen LogP contribution in [0.15, 0.2) is 0 Å². The Morgan fingerprint density at radius 1 is 1.00 bits per heavy atom. The van der Waals surface area contributed by atoms with E-state index in [1.54, 1.807) is 0 Å². The normalized spacial score (nSPS) is 10.9. The van der Waals surface area contributed by atoms with Crippen molar-refractivity contribution in [3.63, 3.8) is 0 Å². The molecule has 0 radical (unpaired) electrons. The maximum Gasteiger partial charge on any atom is 0.407 e. The minimum absolute atomic E-state index is 0.404. The average molecular weight is 275 g/mol. The fourth-order valence-corrected chi connectivity index (χ4v) is 1.25. The van der Waals surface area contributed by atoms with E-state index < -0.39 is 17.8 Å². The van der Waals surface area contributed by atoms with Crippen LogP contribution in [0.3, 0.4) is 0 Å². The zero-order valence-corrected chi connectivity index (χ0v) is 11.9. The van der Waals surface area contributed by atoms with Crippen molar-refractivity contribution in [3.8, 4) is 0 Å². The van der Waals surface area contributed by atoms with Crippen molar-refractivity contribution in [2.45, 2.75) is 39.2 Å². The molecule has 0 aliphatic heterocycles. The monoisotopic (exact) mass is 275 g/mol. The molecule has 0 aromatic carbocycles. The minimum atomic E-state index is -0.999. The van der Waals surface area contributed by atoms with Gasteiger partial charge in [0.2, 0.25) is 0 Å². The number of amides is 2. The van der Waals surface area contributed by atoms with Crippen molar-refractivity contribution >= 4 is 12.2 Å². The van der Waals surface area contributed by atoms with Gasteiger partial charge in [-0.2, -0.15) is 0 Å². The van der Waals surface area contributed by atoms with Gasteiger partial charge < -0.3 is 25.8 Å². The number of hydrogen-bond acceptors (Lipinski definition) is 4. The molecule has 19 heavy (non-hydrogen) atoms. The van der Waals surface area contributed by atoms with Crippen LogP contribution in [0.4, 0.5) is 9.59 Å². The first-order valence-electron chi connectivity index (χ1n) is 6.45. The third-order valence-electron chi connectivity index (χ3n) is 2.01. The maximum atomic E-state index is 11.3. The lowest BCUT2D eigenvalue weighted by molar-refractivity contribution is 0.0527. The molecule has 7 heteroatoms. The second kappa shape index (κ2) is 9.43. The van der Waals surface area contributed by atoms with E-state index >= 15 is 0 Å². The second-order valence-corrected chi connectivity index (χ2v) is 5.12. The summed E-state index contributed by atoms with van der Waals surface area (Å²) in [4.78, 5) is 21.4. The highest BCUT2D eigenvalue weighted by atomic mass is 16.6. The van der Waals surface area contributed by atoms with Crippen molar-refractivity contribution in [3.05, 3.63) is 0 Å². The SMILES string of the molecule is CC(C)(C)OC(=O)NCCCNCCCNC(=O)O. The number of carboxylic acid groups (broad SMARTS) is 1. The molecule has 4 N–H and O–H groups in total. The van der Waals surface area contributed by atoms with Crippen molar-refractivity contribution in [2.24, 2.45) is 0 Å². The molecule has 0 aromatic heterocycles. The van der Waals surface area contributed by atoms with Crippen LogP contribution in [0.25, 0.3) is 0 Å². The molecule has 2 amide bonds. The molecule has 0 rings (SSSR count). The molecular weight excluding hydrogens is 250 g/mol. The summed E-state index contributed by atoms with van der Waals surface area (Å²) in [5.74, 6) is 0. The Labute approximate surface area is 114 Å². The summed E-state index contributed by atoms with van der Waals surface area (Å²) in [5, 5.41) is 16.4. The molecule has 0 saturated carbocycles. The zero-order valence-electron chi connectivity index (χ0n) is 11.9. The van der Waals surface area contributed by atoms with Crippen LogP contribution in [0, 0.1) is 0 Å². The molecule has 112 valence electrons. The number of ether oxygens (including phenoxy) is 1. The molecule has 0 heterocycles. The van der Waals surface area contributed by atoms with Crippen molar-refractivity contribution in [2.75, 3.05) is 26.2 Å². The van der Waals surface area contributed by atoms with Crippen LogP contribution in [0.1, 0.15) is 33.6 Å². The summed E-state index contributed by atoms with van der Waals surface area (Å²) in [6.45, 7) is 7.96. The van der Waals surface area contributed by atoms with Crippen molar-refractivity contribution < 1.29 is 19.4 Å². The van der Waals surface area contributed by atoms with Gasteiger partial charge >= 0.3 is 12.2 Å². The van der Waals surface area contributed by atoms with Crippen LogP contribution < -0.4 is 16.0 Å². The Morgan fingerprint density at radius 3 is 2.00 bits per heavy atom. The number of nitrogens with one attached hydrogen (secondary N) is 3. The van der Waals surface area contributed by atoms with Crippen LogP contribution >= 0.6 is 0 Å². The van der Waals surface area contributed by atoms with Gasteiger partial charge in [0.05, 0.1) is 0 Å². The van der Waals surface area contributed by atoms with Gasteiger partial charge in [-0.1, -0.05) is 0 Å². The van der Waals surface area contributed by atoms with Crippen LogP contribution in [-0.4, -0.2) is 49.1 Å². The highest BCUT2D eigenvalue weighted by Gasteiger charge is 2.15. The fraction of sp³-hybridized carbons (Fsp3) is 0.833. The lowest BCUT2D eigenvalue weighted by Gasteiger charge is -2.19. The summed E-state index contributed by atoms with van der Waals surface area (Å²) in [7, 11) is 0. The predicted octanol–water partition coefficient (Wildman–Crippen LogP) is 1.15. The van der Waals surface area contributed by atoms with Crippen LogP contribution in [-0.2, 0) is 4.74 Å². The smallest absolute Gasteiger partial charge is 0.407 e. The van der Waals surface area contributed by atoms with E-state index in [9.17, 15) is 9.59 Å². The van der Waals surface area contributed by atoms with Crippen molar-refractivity contribution in [1.29, 1.82) is 0 Å². The van der Waals surface area contributed by atoms with Gasteiger partial charge in [0.15, 0.2) is 0 Å². The van der Waals surface area contributed by atoms with E-state index in [4.69, 9.17) is 9.84 Å². The quantitative estimate of drug-likeness (QED) is 0.498. The van der Waals surface area contributed by atoms with Crippen LogP contribution in [0.2, 0.25) is 0 Å². The highest BCUT2D eigenvalue weighted by Crippen LogP contribution is 2.06. The Hall–Kier alpha value is -1.50. The van der Waals surface area contributed by atoms with Gasteiger partial charge in [-0.15, -0.1) is 0 Å². The molecular formula is C12H25N3O4. The van der Waals surface area contributed by atoms with Gasteiger partial charge in [-0.25, -0.2) is 9.59 Å². The first-order chi connectivity index (χ1) is 8.81. The standard InChI is InChI=1S/C12H25N3O4/c1-12(2,3)19-11(18)15-9-5-7-13-6-4-8-14-10(16)17/h13-14H,4-9H2,1-3H3,(H,15,18)(H,16,17). The number of carbonyl (C=O) groups is 2. The van der Waals surface area contributed by atoms with Crippen molar-refractivity contribution in [1.82, 2.24) is 16.0 Å². The molecule has 0 aliphatic rings. The highest BCUT2D eigenvalue weighted by molar-refractivity contribution is 5.67. The Kier molecular flexibility index (Phi) is 8.69. The molecule has 0 aromatic rings. The Bertz CT molecular complexity index is 277. The third kappa shape index (κ3) is 14.4. The lowest BCUT2D eigenvalue weighted by Crippen LogP contribution is -2.34. The summed E-state index contributed by atoms with van der Waals surface area (Å²) in [6.07, 6.45) is 0.136. The molecule has 7 nitrogen and oxygen atoms in total. The topological polar surface area (TPSA) is 99.7 Å². The molecule has 0 atom stereocenters. The van der Waals surface area contributed by atoms with E-state index in [1.807, 2.05) is 20.8 Å². The van der Waals surface area contributed by atoms with E-state index in [1.165, 1.54) is 0 Å². The van der Waals surface area contributed by atoms with E-state index in [0.717, 1.165) is 25.9 Å². The first-order valence-corrected chi connectivity index (χ1v) is 6.45. The Balaban J connectivity index is 3.27. The average Bonchev–Trinajstić information content (AvgIpc) is 2.24. The fourth-order valence-electron chi connectivity index (χ4n) is 1.25. The molecule has 0 fully saturated rings. The summed E-state index contributed by atoms with van der Waals surface area (Å²) in [5.41, 5.74) is -0.473. The van der Waals surface area contributed by atoms with Gasteiger partial charge in [-0.05, 0) is 46.7 Å². The number of hydrogen-bond donors (Lipinski definition) is 4. The maximum absolute atomic E-state index is 11.3. The molecule has 0 bridgehead atoms. The van der Waals surface area contributed by atoms with Gasteiger partial charge in [0.1, 0.15) is 5.60 Å². The number of rotatable bonds is 8. The molecule has 0 unspecified atom stereocenters. The predicted molar refractivity (Wildman–Crippen MR) is 72.4 cm³/mol. The van der Waals surface area contributed by atoms with Crippen LogP contribution in [0.5, 0.6) is 0 Å². The largest absolute Gasteiger partial charge is 0.465 e. The van der Waals surface area contributed by atoms with E-state index in [-0.39, 0.29) is 0 Å². The lowest BCUT2D eigenvalue weighted by atomic mass is 10.2. The number of alkyl carbamates (subject to hydrolysis) is 1. The molecule has 0 saturated heterocycles. The first kappa shape index (κ1) is 17.5. The van der Waals surface area contributed by atoms with Gasteiger partial charge in [-0.3, -0.25) is 0 Å². The third-order valence-corrected chi connectivity index (χ3v) is 2.01. The number of carbonyl (C=O) groups excluding carboxylic acids is 1. The van der Waals surface area contributed by atoms with Gasteiger partial charge in [0.25, 0.3) is 0 Å². The molecule has 0 aliphatic carbocycles. The molecule has 0 spiro atoms. The summed E-state index contributed by atoms with van der Waals surface area (Å²) in [6, 6.07) is 0.